The minimum atomic E-state index is -0.641. The molecule has 6 heteroatoms. The summed E-state index contributed by atoms with van der Waals surface area (Å²) in [4.78, 5) is 14.8. The standard InChI is InChI=1S/C31H45NO5/c1-29(2,33)20-32-12-9-28(10-13-32)34-27-7-5-23(6-8-27)24-4-3-11-30(19-24)35-31(37-36-30)25-15-21-14-22(17-25)18-26(31)16-21/h5-8,21-22,24-26,28,33H,3-4,9-20H2,1-2H3/t21?,22?,24-,25?,26?,30+,31?/m0/s1. The van der Waals surface area contributed by atoms with Gasteiger partial charge in [-0.3, -0.25) is 0 Å². The van der Waals surface area contributed by atoms with Gasteiger partial charge in [-0.2, -0.15) is 9.78 Å². The molecular weight excluding hydrogens is 466 g/mol. The lowest BCUT2D eigenvalue weighted by molar-refractivity contribution is -0.390. The largest absolute Gasteiger partial charge is 0.490 e. The number of piperidine rings is 1. The average molecular weight is 512 g/mol. The van der Waals surface area contributed by atoms with E-state index in [0.717, 1.165) is 69.3 Å². The summed E-state index contributed by atoms with van der Waals surface area (Å²) in [5.41, 5.74) is 0.711. The van der Waals surface area contributed by atoms with Gasteiger partial charge in [0.2, 0.25) is 11.6 Å². The third-order valence-corrected chi connectivity index (χ3v) is 10.4. The fourth-order valence-electron chi connectivity index (χ4n) is 9.00. The van der Waals surface area contributed by atoms with Crippen LogP contribution < -0.4 is 4.74 Å². The van der Waals surface area contributed by atoms with Crippen LogP contribution in [0.25, 0.3) is 0 Å². The van der Waals surface area contributed by atoms with E-state index in [2.05, 4.69) is 29.2 Å². The van der Waals surface area contributed by atoms with Crippen molar-refractivity contribution in [3.63, 3.8) is 0 Å². The summed E-state index contributed by atoms with van der Waals surface area (Å²) >= 11 is 0. The van der Waals surface area contributed by atoms with Crippen LogP contribution in [0, 0.1) is 23.7 Å². The molecule has 1 aromatic carbocycles. The van der Waals surface area contributed by atoms with Crippen LogP contribution in [0.3, 0.4) is 0 Å². The van der Waals surface area contributed by atoms with Gasteiger partial charge in [0.25, 0.3) is 0 Å². The summed E-state index contributed by atoms with van der Waals surface area (Å²) in [6.07, 6.45) is 12.8. The van der Waals surface area contributed by atoms with Crippen molar-refractivity contribution < 1.29 is 24.4 Å². The van der Waals surface area contributed by atoms with Gasteiger partial charge in [-0.1, -0.05) is 12.1 Å². The predicted octanol–water partition coefficient (Wildman–Crippen LogP) is 5.79. The molecule has 2 atom stereocenters. The number of nitrogens with zero attached hydrogens (tertiary/aromatic N) is 1. The molecular formula is C31H45NO5. The summed E-state index contributed by atoms with van der Waals surface area (Å²) in [5, 5.41) is 10.1. The first-order chi connectivity index (χ1) is 17.8. The first kappa shape index (κ1) is 24.8. The summed E-state index contributed by atoms with van der Waals surface area (Å²) in [6.45, 7) is 6.43. The van der Waals surface area contributed by atoms with E-state index in [1.165, 1.54) is 44.1 Å². The number of ether oxygens (including phenoxy) is 2. The van der Waals surface area contributed by atoms with Gasteiger partial charge in [0, 0.05) is 44.3 Å². The van der Waals surface area contributed by atoms with Gasteiger partial charge in [-0.15, -0.1) is 0 Å². The second kappa shape index (κ2) is 9.19. The average Bonchev–Trinajstić information content (AvgIpc) is 3.22. The monoisotopic (exact) mass is 511 g/mol. The highest BCUT2D eigenvalue weighted by atomic mass is 17.3. The summed E-state index contributed by atoms with van der Waals surface area (Å²) < 4.78 is 13.3. The molecule has 0 amide bonds. The van der Waals surface area contributed by atoms with Crippen molar-refractivity contribution in [2.45, 2.75) is 114 Å². The molecule has 7 fully saturated rings. The molecule has 0 aromatic heterocycles. The Morgan fingerprint density at radius 2 is 1.62 bits per heavy atom. The zero-order valence-corrected chi connectivity index (χ0v) is 22.7. The second-order valence-corrected chi connectivity index (χ2v) is 14.0. The minimum absolute atomic E-state index is 0.247. The van der Waals surface area contributed by atoms with Crippen LogP contribution in [0.15, 0.2) is 24.3 Å². The number of hydrogen-bond donors (Lipinski definition) is 1. The first-order valence-electron chi connectivity index (χ1n) is 15.1. The van der Waals surface area contributed by atoms with E-state index in [9.17, 15) is 5.11 Å². The lowest BCUT2D eigenvalue weighted by Crippen LogP contribution is -2.59. The molecule has 5 saturated carbocycles. The van der Waals surface area contributed by atoms with Crippen molar-refractivity contribution in [3.05, 3.63) is 29.8 Å². The van der Waals surface area contributed by atoms with Gasteiger partial charge >= 0.3 is 0 Å². The lowest BCUT2D eigenvalue weighted by Gasteiger charge is -2.57. The maximum absolute atomic E-state index is 10.1. The number of hydrogen-bond acceptors (Lipinski definition) is 6. The topological polar surface area (TPSA) is 60.4 Å². The Balaban J connectivity index is 0.964. The Bertz CT molecular complexity index is 937. The zero-order chi connectivity index (χ0) is 25.3. The smallest absolute Gasteiger partial charge is 0.210 e. The van der Waals surface area contributed by atoms with E-state index < -0.39 is 17.2 Å². The Labute approximate surface area is 221 Å². The Kier molecular flexibility index (Phi) is 6.17. The molecule has 37 heavy (non-hydrogen) atoms. The van der Waals surface area contributed by atoms with Gasteiger partial charge in [0.1, 0.15) is 11.9 Å². The van der Waals surface area contributed by atoms with Gasteiger partial charge in [-0.25, -0.2) is 0 Å². The van der Waals surface area contributed by atoms with E-state index in [-0.39, 0.29) is 6.10 Å². The van der Waals surface area contributed by atoms with Gasteiger partial charge in [-0.05, 0) is 107 Å². The Morgan fingerprint density at radius 3 is 2.27 bits per heavy atom. The van der Waals surface area contributed by atoms with Gasteiger partial charge in [0.05, 0.1) is 5.60 Å². The molecule has 2 spiro atoms. The third-order valence-electron chi connectivity index (χ3n) is 10.4. The molecule has 204 valence electrons. The number of aliphatic hydroxyl groups is 1. The number of β-amino-alcohol motifs (C(OH)–C–C–N with tert-alkyl or cyclic N) is 1. The van der Waals surface area contributed by atoms with Crippen molar-refractivity contribution in [3.8, 4) is 5.75 Å². The SMILES string of the molecule is CC(C)(O)CN1CCC(Oc2ccc([C@H]3CCC[C@]4(C3)OOC3(O4)C4CC5CC(C4)CC3C5)cc2)CC1. The Morgan fingerprint density at radius 1 is 0.946 bits per heavy atom. The summed E-state index contributed by atoms with van der Waals surface area (Å²) in [5.74, 6) is 3.13. The van der Waals surface area contributed by atoms with Crippen LogP contribution >= 0.6 is 0 Å². The highest BCUT2D eigenvalue weighted by molar-refractivity contribution is 5.30. The number of benzene rings is 1. The van der Waals surface area contributed by atoms with E-state index in [1.54, 1.807) is 0 Å². The Hall–Kier alpha value is -1.18. The van der Waals surface area contributed by atoms with Crippen LogP contribution in [-0.4, -0.2) is 52.9 Å². The molecule has 2 saturated heterocycles. The molecule has 6 nitrogen and oxygen atoms in total. The first-order valence-corrected chi connectivity index (χ1v) is 15.1. The van der Waals surface area contributed by atoms with Crippen molar-refractivity contribution >= 4 is 0 Å². The second-order valence-electron chi connectivity index (χ2n) is 14.0. The van der Waals surface area contributed by atoms with Gasteiger partial charge in [0.15, 0.2) is 0 Å². The van der Waals surface area contributed by atoms with Crippen LogP contribution in [0.1, 0.15) is 96.0 Å². The molecule has 0 radical (unpaired) electrons. The summed E-state index contributed by atoms with van der Waals surface area (Å²) in [7, 11) is 0. The van der Waals surface area contributed by atoms with Crippen LogP contribution in [0.5, 0.6) is 5.75 Å². The van der Waals surface area contributed by atoms with Crippen molar-refractivity contribution in [2.75, 3.05) is 19.6 Å². The minimum Gasteiger partial charge on any atom is -0.490 e. The fourth-order valence-corrected chi connectivity index (χ4v) is 9.00. The van der Waals surface area contributed by atoms with Crippen molar-refractivity contribution in [1.82, 2.24) is 4.90 Å². The molecule has 1 N–H and O–H groups in total. The molecule has 2 heterocycles. The highest BCUT2D eigenvalue weighted by Crippen LogP contribution is 2.64. The molecule has 4 bridgehead atoms. The third kappa shape index (κ3) is 4.75. The predicted molar refractivity (Wildman–Crippen MR) is 140 cm³/mol. The van der Waals surface area contributed by atoms with Crippen LogP contribution in [-0.2, 0) is 14.5 Å². The molecule has 2 aliphatic heterocycles. The summed E-state index contributed by atoms with van der Waals surface area (Å²) in [6, 6.07) is 8.78. The molecule has 7 aliphatic rings. The van der Waals surface area contributed by atoms with Crippen molar-refractivity contribution in [1.29, 1.82) is 0 Å². The maximum Gasteiger partial charge on any atom is 0.210 e. The van der Waals surface area contributed by atoms with Crippen LogP contribution in [0.2, 0.25) is 0 Å². The molecule has 1 aromatic rings. The van der Waals surface area contributed by atoms with E-state index in [4.69, 9.17) is 19.2 Å². The van der Waals surface area contributed by atoms with E-state index >= 15 is 0 Å². The molecule has 0 unspecified atom stereocenters. The number of rotatable bonds is 5. The lowest BCUT2D eigenvalue weighted by atomic mass is 9.53. The van der Waals surface area contributed by atoms with Crippen molar-refractivity contribution in [2.24, 2.45) is 23.7 Å². The normalized spacial score (nSPS) is 42.2. The fraction of sp³-hybridized carbons (Fsp3) is 0.806. The molecule has 5 aliphatic carbocycles. The van der Waals surface area contributed by atoms with Gasteiger partial charge < -0.3 is 19.5 Å². The highest BCUT2D eigenvalue weighted by Gasteiger charge is 2.67. The number of likely N-dealkylation sites (tertiary alicyclic amines) is 1. The quantitative estimate of drug-likeness (QED) is 0.506. The van der Waals surface area contributed by atoms with Crippen LogP contribution in [0.4, 0.5) is 0 Å². The van der Waals surface area contributed by atoms with E-state index in [1.807, 2.05) is 13.8 Å². The molecule has 8 rings (SSSR count). The maximum atomic E-state index is 10.1. The van der Waals surface area contributed by atoms with E-state index in [0.29, 0.717) is 17.8 Å². The zero-order valence-electron chi connectivity index (χ0n) is 22.7.